The molecule has 1 atom stereocenters. The van der Waals surface area contributed by atoms with E-state index < -0.39 is 0 Å². The second-order valence-electron chi connectivity index (χ2n) is 4.18. The number of aryl methyl sites for hydroxylation is 1. The Morgan fingerprint density at radius 3 is 2.80 bits per heavy atom. The zero-order chi connectivity index (χ0) is 10.8. The summed E-state index contributed by atoms with van der Waals surface area (Å²) in [7, 11) is 1.95. The molecule has 1 aliphatic rings. The summed E-state index contributed by atoms with van der Waals surface area (Å²) >= 11 is 3.46. The van der Waals surface area contributed by atoms with Gasteiger partial charge in [-0.25, -0.2) is 4.68 Å². The third-order valence-corrected chi connectivity index (χ3v) is 3.44. The molecule has 0 bridgehead atoms. The van der Waals surface area contributed by atoms with E-state index in [0.717, 1.165) is 17.1 Å². The fraction of sp³-hybridized carbons (Fsp3) is 0.800. The van der Waals surface area contributed by atoms with Crippen LogP contribution in [-0.4, -0.2) is 21.5 Å². The Balaban J connectivity index is 2.14. The average Bonchev–Trinajstić information content (AvgIpc) is 2.94. The summed E-state index contributed by atoms with van der Waals surface area (Å²) < 4.78 is 2.73. The Morgan fingerprint density at radius 2 is 2.33 bits per heavy atom. The van der Waals surface area contributed by atoms with Gasteiger partial charge in [0.1, 0.15) is 0 Å². The fourth-order valence-corrected chi connectivity index (χ4v) is 2.54. The van der Waals surface area contributed by atoms with E-state index in [4.69, 9.17) is 0 Å². The van der Waals surface area contributed by atoms with Crippen molar-refractivity contribution in [2.24, 2.45) is 13.0 Å². The van der Waals surface area contributed by atoms with Crippen LogP contribution in [0.2, 0.25) is 0 Å². The van der Waals surface area contributed by atoms with Crippen LogP contribution in [0.3, 0.4) is 0 Å². The summed E-state index contributed by atoms with van der Waals surface area (Å²) in [5.41, 5.74) is 1.17. The molecule has 0 amide bonds. The van der Waals surface area contributed by atoms with Crippen molar-refractivity contribution in [3.05, 3.63) is 10.3 Å². The summed E-state index contributed by atoms with van der Waals surface area (Å²) in [6, 6.07) is 0.386. The molecule has 1 aromatic rings. The molecular formula is C10H17BrN4. The van der Waals surface area contributed by atoms with Gasteiger partial charge < -0.3 is 5.32 Å². The molecule has 0 aliphatic heterocycles. The lowest BCUT2D eigenvalue weighted by Gasteiger charge is -2.17. The lowest BCUT2D eigenvalue weighted by Crippen LogP contribution is -2.24. The zero-order valence-electron chi connectivity index (χ0n) is 9.20. The van der Waals surface area contributed by atoms with Crippen LogP contribution in [0.25, 0.3) is 0 Å². The summed E-state index contributed by atoms with van der Waals surface area (Å²) in [6.07, 6.45) is 3.96. The molecule has 1 saturated carbocycles. The first-order valence-corrected chi connectivity index (χ1v) is 6.30. The smallest absolute Gasteiger partial charge is 0.153 e. The largest absolute Gasteiger partial charge is 0.309 e. The number of aromatic nitrogens is 3. The molecule has 1 N–H and O–H groups in total. The minimum absolute atomic E-state index is 0.386. The molecule has 0 spiro atoms. The van der Waals surface area contributed by atoms with E-state index >= 15 is 0 Å². The van der Waals surface area contributed by atoms with Gasteiger partial charge in [-0.05, 0) is 34.8 Å². The summed E-state index contributed by atoms with van der Waals surface area (Å²) in [4.78, 5) is 0. The van der Waals surface area contributed by atoms with Crippen molar-refractivity contribution in [1.82, 2.24) is 20.3 Å². The van der Waals surface area contributed by atoms with Crippen molar-refractivity contribution >= 4 is 15.9 Å². The van der Waals surface area contributed by atoms with Gasteiger partial charge in [0, 0.05) is 7.05 Å². The SMILES string of the molecule is CCNC(CC1CC1)c1c(Br)nnn1C. The van der Waals surface area contributed by atoms with Crippen molar-refractivity contribution in [1.29, 1.82) is 0 Å². The van der Waals surface area contributed by atoms with E-state index in [1.54, 1.807) is 0 Å². The van der Waals surface area contributed by atoms with Crippen LogP contribution in [0.5, 0.6) is 0 Å². The molecule has 2 rings (SSSR count). The topological polar surface area (TPSA) is 42.7 Å². The number of halogens is 1. The van der Waals surface area contributed by atoms with Crippen LogP contribution < -0.4 is 5.32 Å². The quantitative estimate of drug-likeness (QED) is 0.892. The van der Waals surface area contributed by atoms with Gasteiger partial charge in [0.15, 0.2) is 4.60 Å². The van der Waals surface area contributed by atoms with Crippen molar-refractivity contribution in [3.63, 3.8) is 0 Å². The van der Waals surface area contributed by atoms with Gasteiger partial charge in [-0.2, -0.15) is 0 Å². The molecule has 0 radical (unpaired) electrons. The Morgan fingerprint density at radius 1 is 1.60 bits per heavy atom. The van der Waals surface area contributed by atoms with E-state index in [9.17, 15) is 0 Å². The summed E-state index contributed by atoms with van der Waals surface area (Å²) in [6.45, 7) is 3.12. The minimum Gasteiger partial charge on any atom is -0.309 e. The van der Waals surface area contributed by atoms with Crippen LogP contribution in [-0.2, 0) is 7.05 Å². The molecule has 0 saturated heterocycles. The monoisotopic (exact) mass is 272 g/mol. The molecule has 4 nitrogen and oxygen atoms in total. The van der Waals surface area contributed by atoms with Crippen LogP contribution >= 0.6 is 15.9 Å². The normalized spacial score (nSPS) is 18.1. The highest BCUT2D eigenvalue weighted by molar-refractivity contribution is 9.10. The van der Waals surface area contributed by atoms with Gasteiger partial charge in [-0.1, -0.05) is 25.0 Å². The minimum atomic E-state index is 0.386. The molecule has 0 aromatic carbocycles. The first-order chi connectivity index (χ1) is 7.22. The molecule has 1 heterocycles. The van der Waals surface area contributed by atoms with E-state index in [1.807, 2.05) is 11.7 Å². The first kappa shape index (κ1) is 11.1. The van der Waals surface area contributed by atoms with Crippen molar-refractivity contribution in [2.75, 3.05) is 6.54 Å². The van der Waals surface area contributed by atoms with Crippen molar-refractivity contribution < 1.29 is 0 Å². The van der Waals surface area contributed by atoms with Gasteiger partial charge in [-0.3, -0.25) is 0 Å². The molecule has 1 aromatic heterocycles. The van der Waals surface area contributed by atoms with Crippen molar-refractivity contribution in [2.45, 2.75) is 32.2 Å². The van der Waals surface area contributed by atoms with E-state index in [-0.39, 0.29) is 0 Å². The summed E-state index contributed by atoms with van der Waals surface area (Å²) in [5.74, 6) is 0.899. The molecule has 1 aliphatic carbocycles. The van der Waals surface area contributed by atoms with Gasteiger partial charge >= 0.3 is 0 Å². The molecule has 15 heavy (non-hydrogen) atoms. The predicted octanol–water partition coefficient (Wildman–Crippen LogP) is 2.03. The third kappa shape index (κ3) is 2.58. The van der Waals surface area contributed by atoms with Gasteiger partial charge in [0.05, 0.1) is 11.7 Å². The standard InChI is InChI=1S/C10H17BrN4/c1-3-12-8(6-7-4-5-7)9-10(11)13-14-15(9)2/h7-8,12H,3-6H2,1-2H3. The van der Waals surface area contributed by atoms with Gasteiger partial charge in [-0.15, -0.1) is 5.10 Å². The maximum atomic E-state index is 4.04. The van der Waals surface area contributed by atoms with E-state index in [0.29, 0.717) is 6.04 Å². The van der Waals surface area contributed by atoms with Crippen LogP contribution in [0.1, 0.15) is 37.9 Å². The Bertz CT molecular complexity index is 313. The molecule has 1 unspecified atom stereocenters. The number of nitrogens with one attached hydrogen (secondary N) is 1. The predicted molar refractivity (Wildman–Crippen MR) is 62.5 cm³/mol. The maximum Gasteiger partial charge on any atom is 0.153 e. The highest BCUT2D eigenvalue weighted by atomic mass is 79.9. The number of hydrogen-bond acceptors (Lipinski definition) is 3. The first-order valence-electron chi connectivity index (χ1n) is 5.50. The zero-order valence-corrected chi connectivity index (χ0v) is 10.8. The molecular weight excluding hydrogens is 256 g/mol. The van der Waals surface area contributed by atoms with Gasteiger partial charge in [0.2, 0.25) is 0 Å². The molecule has 5 heteroatoms. The number of nitrogens with zero attached hydrogens (tertiary/aromatic N) is 3. The second kappa shape index (κ2) is 4.61. The van der Waals surface area contributed by atoms with Crippen LogP contribution in [0.15, 0.2) is 4.60 Å². The highest BCUT2D eigenvalue weighted by Gasteiger charge is 2.28. The maximum absolute atomic E-state index is 4.04. The van der Waals surface area contributed by atoms with E-state index in [1.165, 1.54) is 25.0 Å². The number of hydrogen-bond donors (Lipinski definition) is 1. The van der Waals surface area contributed by atoms with Gasteiger partial charge in [0.25, 0.3) is 0 Å². The van der Waals surface area contributed by atoms with Crippen molar-refractivity contribution in [3.8, 4) is 0 Å². The number of rotatable bonds is 5. The third-order valence-electron chi connectivity index (χ3n) is 2.87. The molecule has 1 fully saturated rings. The fourth-order valence-electron chi connectivity index (χ4n) is 1.93. The summed E-state index contributed by atoms with van der Waals surface area (Å²) in [5, 5.41) is 11.6. The van der Waals surface area contributed by atoms with Crippen LogP contribution in [0.4, 0.5) is 0 Å². The van der Waals surface area contributed by atoms with E-state index in [2.05, 4.69) is 38.5 Å². The Labute approximate surface area is 98.6 Å². The lowest BCUT2D eigenvalue weighted by molar-refractivity contribution is 0.455. The van der Waals surface area contributed by atoms with Crippen LogP contribution in [0, 0.1) is 5.92 Å². The molecule has 84 valence electrons. The average molecular weight is 273 g/mol. The Kier molecular flexibility index (Phi) is 3.41. The second-order valence-corrected chi connectivity index (χ2v) is 4.93. The Hall–Kier alpha value is -0.420. The lowest BCUT2D eigenvalue weighted by atomic mass is 10.1. The highest BCUT2D eigenvalue weighted by Crippen LogP contribution is 2.38.